The van der Waals surface area contributed by atoms with Gasteiger partial charge in [0.1, 0.15) is 25.0 Å². The van der Waals surface area contributed by atoms with E-state index in [1.165, 1.54) is 5.56 Å². The Hall–Kier alpha value is -1.11. The number of aliphatic hydroxyl groups is 1. The van der Waals surface area contributed by atoms with Crippen molar-refractivity contribution in [2.75, 3.05) is 33.8 Å². The van der Waals surface area contributed by atoms with Gasteiger partial charge in [-0.25, -0.2) is 0 Å². The largest absolute Gasteiger partial charge is 1.00 e. The van der Waals surface area contributed by atoms with E-state index in [0.29, 0.717) is 13.2 Å². The fraction of sp³-hybridized carbons (Fsp3) is 0.368. The van der Waals surface area contributed by atoms with Crippen molar-refractivity contribution in [1.29, 1.82) is 0 Å². The summed E-state index contributed by atoms with van der Waals surface area (Å²) in [6, 6.07) is 18.2. The lowest BCUT2D eigenvalue weighted by Gasteiger charge is -2.30. The van der Waals surface area contributed by atoms with Crippen molar-refractivity contribution in [3.05, 3.63) is 54.6 Å². The zero-order chi connectivity index (χ0) is 16.0. The van der Waals surface area contributed by atoms with Crippen molar-refractivity contribution in [2.24, 2.45) is 0 Å². The number of nitrogens with zero attached hydrogens (tertiary/aromatic N) is 1. The quantitative estimate of drug-likeness (QED) is 0.506. The molecule has 0 aromatic heterocycles. The molecule has 2 rings (SSSR count). The highest BCUT2D eigenvalue weighted by Crippen LogP contribution is 2.22. The third kappa shape index (κ3) is 6.49. The van der Waals surface area contributed by atoms with Crippen molar-refractivity contribution >= 4 is 0 Å². The van der Waals surface area contributed by atoms with E-state index < -0.39 is 6.10 Å². The Morgan fingerprint density at radius 2 is 1.52 bits per heavy atom. The van der Waals surface area contributed by atoms with Crippen LogP contribution in [0.15, 0.2) is 54.6 Å². The van der Waals surface area contributed by atoms with Gasteiger partial charge in [-0.2, -0.15) is 0 Å². The SMILES string of the molecule is CC[N+](C)(C)CC(O)COc1ccc(-c2ccccc2)cc1.[I-]. The molecular weight excluding hydrogens is 401 g/mol. The first-order valence-corrected chi connectivity index (χ1v) is 7.78. The van der Waals surface area contributed by atoms with Gasteiger partial charge < -0.3 is 38.3 Å². The number of rotatable bonds is 7. The molecule has 2 aromatic rings. The number of quaternary nitrogens is 1. The van der Waals surface area contributed by atoms with Crippen LogP contribution in [0.25, 0.3) is 11.1 Å². The fourth-order valence-corrected chi connectivity index (χ4v) is 2.32. The molecule has 0 radical (unpaired) electrons. The lowest BCUT2D eigenvalue weighted by molar-refractivity contribution is -0.891. The van der Waals surface area contributed by atoms with E-state index in [0.717, 1.165) is 22.3 Å². The van der Waals surface area contributed by atoms with E-state index in [-0.39, 0.29) is 24.0 Å². The molecule has 0 aliphatic rings. The summed E-state index contributed by atoms with van der Waals surface area (Å²) in [4.78, 5) is 0. The maximum Gasteiger partial charge on any atom is 0.137 e. The minimum atomic E-state index is -0.455. The van der Waals surface area contributed by atoms with Crippen LogP contribution in [0.2, 0.25) is 0 Å². The van der Waals surface area contributed by atoms with E-state index in [1.807, 2.05) is 42.5 Å². The first kappa shape index (κ1) is 19.9. The van der Waals surface area contributed by atoms with Crippen molar-refractivity contribution in [3.63, 3.8) is 0 Å². The van der Waals surface area contributed by atoms with Crippen LogP contribution in [0.1, 0.15) is 6.92 Å². The maximum atomic E-state index is 10.1. The third-order valence-corrected chi connectivity index (χ3v) is 3.96. The average molecular weight is 427 g/mol. The predicted molar refractivity (Wildman–Crippen MR) is 90.9 cm³/mol. The zero-order valence-electron chi connectivity index (χ0n) is 14.1. The van der Waals surface area contributed by atoms with E-state index >= 15 is 0 Å². The molecule has 0 bridgehead atoms. The second kappa shape index (κ2) is 9.25. The summed E-state index contributed by atoms with van der Waals surface area (Å²) in [6.45, 7) is 4.13. The molecule has 1 N–H and O–H groups in total. The van der Waals surface area contributed by atoms with E-state index in [1.54, 1.807) is 0 Å². The highest BCUT2D eigenvalue weighted by atomic mass is 127. The topological polar surface area (TPSA) is 29.5 Å². The Morgan fingerprint density at radius 3 is 2.09 bits per heavy atom. The summed E-state index contributed by atoms with van der Waals surface area (Å²) in [7, 11) is 4.22. The number of halogens is 1. The average Bonchev–Trinajstić information content (AvgIpc) is 2.54. The summed E-state index contributed by atoms with van der Waals surface area (Å²) in [5.41, 5.74) is 2.35. The van der Waals surface area contributed by atoms with Gasteiger partial charge in [-0.3, -0.25) is 0 Å². The summed E-state index contributed by atoms with van der Waals surface area (Å²) in [6.07, 6.45) is -0.455. The third-order valence-electron chi connectivity index (χ3n) is 3.96. The molecule has 23 heavy (non-hydrogen) atoms. The molecule has 0 heterocycles. The van der Waals surface area contributed by atoms with Crippen LogP contribution in [-0.2, 0) is 0 Å². The van der Waals surface area contributed by atoms with Gasteiger partial charge in [0, 0.05) is 0 Å². The first-order chi connectivity index (χ1) is 10.5. The summed E-state index contributed by atoms with van der Waals surface area (Å²) < 4.78 is 6.48. The summed E-state index contributed by atoms with van der Waals surface area (Å²) in [5, 5.41) is 10.1. The number of hydrogen-bond acceptors (Lipinski definition) is 2. The monoisotopic (exact) mass is 427 g/mol. The molecular formula is C19H26INO2. The van der Waals surface area contributed by atoms with Gasteiger partial charge in [-0.05, 0) is 30.2 Å². The molecule has 0 saturated heterocycles. The van der Waals surface area contributed by atoms with Gasteiger partial charge in [0.25, 0.3) is 0 Å². The second-order valence-corrected chi connectivity index (χ2v) is 6.29. The van der Waals surface area contributed by atoms with Crippen LogP contribution < -0.4 is 28.7 Å². The molecule has 0 amide bonds. The van der Waals surface area contributed by atoms with Gasteiger partial charge in [-0.1, -0.05) is 42.5 Å². The van der Waals surface area contributed by atoms with Gasteiger partial charge in [0.2, 0.25) is 0 Å². The molecule has 126 valence electrons. The Kier molecular flexibility index (Phi) is 8.02. The lowest BCUT2D eigenvalue weighted by atomic mass is 10.1. The molecule has 3 nitrogen and oxygen atoms in total. The molecule has 1 atom stereocenters. The molecule has 0 aliphatic heterocycles. The van der Waals surface area contributed by atoms with Crippen LogP contribution in [0.5, 0.6) is 5.75 Å². The van der Waals surface area contributed by atoms with Crippen molar-refractivity contribution in [3.8, 4) is 16.9 Å². The maximum absolute atomic E-state index is 10.1. The summed E-state index contributed by atoms with van der Waals surface area (Å²) >= 11 is 0. The zero-order valence-corrected chi connectivity index (χ0v) is 16.2. The van der Waals surface area contributed by atoms with Gasteiger partial charge in [0.15, 0.2) is 0 Å². The van der Waals surface area contributed by atoms with Crippen LogP contribution in [0, 0.1) is 0 Å². The Bertz CT molecular complexity index is 570. The van der Waals surface area contributed by atoms with Gasteiger partial charge in [-0.15, -0.1) is 0 Å². The first-order valence-electron chi connectivity index (χ1n) is 7.78. The van der Waals surface area contributed by atoms with Crippen LogP contribution in [0.3, 0.4) is 0 Å². The van der Waals surface area contributed by atoms with Crippen LogP contribution in [-0.4, -0.2) is 49.5 Å². The highest BCUT2D eigenvalue weighted by Gasteiger charge is 2.18. The molecule has 0 saturated carbocycles. The van der Waals surface area contributed by atoms with Crippen LogP contribution >= 0.6 is 0 Å². The normalized spacial score (nSPS) is 12.3. The number of ether oxygens (including phenoxy) is 1. The number of likely N-dealkylation sites (N-methyl/N-ethyl adjacent to an activating group) is 1. The predicted octanol–water partition coefficient (Wildman–Crippen LogP) is 0.194. The fourth-order valence-electron chi connectivity index (χ4n) is 2.32. The standard InChI is InChI=1S/C19H26NO2.HI/c1-4-20(2,3)14-18(21)15-22-19-12-10-17(11-13-19)16-8-6-5-7-9-16;/h5-13,18,21H,4,14-15H2,1-3H3;1H/q+1;/p-1. The smallest absolute Gasteiger partial charge is 0.137 e. The second-order valence-electron chi connectivity index (χ2n) is 6.29. The van der Waals surface area contributed by atoms with Crippen molar-refractivity contribution < 1.29 is 38.3 Å². The molecule has 4 heteroatoms. The minimum absolute atomic E-state index is 0. The Balaban J connectivity index is 0.00000264. The van der Waals surface area contributed by atoms with Crippen molar-refractivity contribution in [2.45, 2.75) is 13.0 Å². The van der Waals surface area contributed by atoms with Gasteiger partial charge in [0.05, 0.1) is 20.6 Å². The van der Waals surface area contributed by atoms with Crippen LogP contribution in [0.4, 0.5) is 0 Å². The molecule has 0 aliphatic carbocycles. The number of hydrogen-bond donors (Lipinski definition) is 1. The van der Waals surface area contributed by atoms with E-state index in [2.05, 4.69) is 33.2 Å². The van der Waals surface area contributed by atoms with Gasteiger partial charge >= 0.3 is 0 Å². The Labute approximate surface area is 156 Å². The van der Waals surface area contributed by atoms with E-state index in [4.69, 9.17) is 4.74 Å². The van der Waals surface area contributed by atoms with E-state index in [9.17, 15) is 5.11 Å². The Morgan fingerprint density at radius 1 is 0.957 bits per heavy atom. The summed E-state index contributed by atoms with van der Waals surface area (Å²) in [5.74, 6) is 0.792. The molecule has 2 aromatic carbocycles. The molecule has 0 fully saturated rings. The molecule has 1 unspecified atom stereocenters. The minimum Gasteiger partial charge on any atom is -1.00 e. The number of aliphatic hydroxyl groups excluding tert-OH is 1. The highest BCUT2D eigenvalue weighted by molar-refractivity contribution is 5.63. The van der Waals surface area contributed by atoms with Crippen molar-refractivity contribution in [1.82, 2.24) is 0 Å². The number of benzene rings is 2. The molecule has 0 spiro atoms. The lowest BCUT2D eigenvalue weighted by Crippen LogP contribution is -3.00.